The quantitative estimate of drug-likeness (QED) is 0.240. The van der Waals surface area contributed by atoms with Gasteiger partial charge in [-0.15, -0.1) is 0 Å². The molecule has 1 fully saturated rings. The van der Waals surface area contributed by atoms with E-state index in [2.05, 4.69) is 11.7 Å². The molecule has 1 aromatic heterocycles. The van der Waals surface area contributed by atoms with E-state index in [4.69, 9.17) is 14.0 Å². The molecule has 3 aromatic rings. The normalized spacial score (nSPS) is 17.1. The Hall–Kier alpha value is -4.33. The van der Waals surface area contributed by atoms with Gasteiger partial charge in [0.05, 0.1) is 18.7 Å². The van der Waals surface area contributed by atoms with Gasteiger partial charge in [0.2, 0.25) is 0 Å². The predicted molar refractivity (Wildman–Crippen MR) is 126 cm³/mol. The van der Waals surface area contributed by atoms with Crippen molar-refractivity contribution in [3.63, 3.8) is 0 Å². The SMILES string of the molecule is C=CCOc1cccc([C@H]2/C(=C(\O)c3ccc(OC)c(C)c3)C(=O)C(=O)N2c2cc(C)on2)c1. The summed E-state index contributed by atoms with van der Waals surface area (Å²) in [7, 11) is 1.55. The number of ether oxygens (including phenoxy) is 2. The second-order valence-electron chi connectivity index (χ2n) is 7.82. The van der Waals surface area contributed by atoms with Crippen molar-refractivity contribution in [2.75, 3.05) is 18.6 Å². The largest absolute Gasteiger partial charge is 0.507 e. The van der Waals surface area contributed by atoms with Crippen LogP contribution in [0, 0.1) is 13.8 Å². The van der Waals surface area contributed by atoms with Crippen molar-refractivity contribution in [2.45, 2.75) is 19.9 Å². The Morgan fingerprint density at radius 2 is 2.00 bits per heavy atom. The zero-order valence-electron chi connectivity index (χ0n) is 19.1. The second kappa shape index (κ2) is 9.27. The Kier molecular flexibility index (Phi) is 6.23. The molecule has 0 saturated carbocycles. The number of benzene rings is 2. The summed E-state index contributed by atoms with van der Waals surface area (Å²) in [6, 6.07) is 12.6. The number of carbonyl (C=O) groups is 2. The summed E-state index contributed by atoms with van der Waals surface area (Å²) in [6.07, 6.45) is 1.61. The van der Waals surface area contributed by atoms with E-state index in [1.807, 2.05) is 6.92 Å². The Morgan fingerprint density at radius 1 is 1.21 bits per heavy atom. The molecular weight excluding hydrogens is 436 g/mol. The lowest BCUT2D eigenvalue weighted by molar-refractivity contribution is -0.132. The number of Topliss-reactive ketones (excluding diaryl/α,β-unsaturated/α-hetero) is 1. The maximum Gasteiger partial charge on any atom is 0.301 e. The van der Waals surface area contributed by atoms with Crippen LogP contribution in [0.25, 0.3) is 5.76 Å². The van der Waals surface area contributed by atoms with Crippen molar-refractivity contribution in [2.24, 2.45) is 0 Å². The Bertz CT molecular complexity index is 1310. The predicted octanol–water partition coefficient (Wildman–Crippen LogP) is 4.49. The Morgan fingerprint density at radius 3 is 2.65 bits per heavy atom. The minimum atomic E-state index is -0.945. The number of hydrogen-bond donors (Lipinski definition) is 1. The molecule has 4 rings (SSSR count). The molecule has 1 amide bonds. The van der Waals surface area contributed by atoms with E-state index in [0.717, 1.165) is 5.56 Å². The number of amides is 1. The highest BCUT2D eigenvalue weighted by Crippen LogP contribution is 2.42. The van der Waals surface area contributed by atoms with Crippen molar-refractivity contribution in [3.05, 3.63) is 89.2 Å². The molecule has 0 spiro atoms. The fourth-order valence-corrected chi connectivity index (χ4v) is 3.96. The van der Waals surface area contributed by atoms with E-state index in [1.54, 1.807) is 68.6 Å². The van der Waals surface area contributed by atoms with Gasteiger partial charge in [-0.2, -0.15) is 0 Å². The molecule has 174 valence electrons. The van der Waals surface area contributed by atoms with Gasteiger partial charge in [0, 0.05) is 11.6 Å². The van der Waals surface area contributed by atoms with Gasteiger partial charge >= 0.3 is 5.91 Å². The molecule has 8 heteroatoms. The average Bonchev–Trinajstić information content (AvgIpc) is 3.37. The molecule has 2 aromatic carbocycles. The van der Waals surface area contributed by atoms with Crippen LogP contribution in [0.15, 0.2) is 71.3 Å². The summed E-state index contributed by atoms with van der Waals surface area (Å²) in [5, 5.41) is 15.2. The Balaban J connectivity index is 1.91. The molecule has 1 aliphatic heterocycles. The Labute approximate surface area is 196 Å². The number of ketones is 1. The van der Waals surface area contributed by atoms with E-state index in [-0.39, 0.29) is 23.8 Å². The standard InChI is InChI=1S/C26H24N2O6/c1-5-11-33-19-8-6-7-17(14-19)23-22(24(29)18-9-10-20(32-4)15(2)12-18)25(30)26(31)28(23)21-13-16(3)34-27-21/h5-10,12-14,23,29H,1,11H2,2-4H3/b24-22+/t23-/m0/s1. The number of carbonyl (C=O) groups excluding carboxylic acids is 2. The van der Waals surface area contributed by atoms with Crippen molar-refractivity contribution < 1.29 is 28.7 Å². The highest BCUT2D eigenvalue weighted by molar-refractivity contribution is 6.51. The van der Waals surface area contributed by atoms with E-state index in [1.165, 1.54) is 4.90 Å². The summed E-state index contributed by atoms with van der Waals surface area (Å²) >= 11 is 0. The number of aromatic nitrogens is 1. The van der Waals surface area contributed by atoms with Gasteiger partial charge in [0.15, 0.2) is 5.82 Å². The first-order valence-electron chi connectivity index (χ1n) is 10.6. The van der Waals surface area contributed by atoms with Crippen LogP contribution in [0.3, 0.4) is 0 Å². The molecule has 0 bridgehead atoms. The van der Waals surface area contributed by atoms with Crippen LogP contribution in [-0.2, 0) is 9.59 Å². The molecule has 8 nitrogen and oxygen atoms in total. The second-order valence-corrected chi connectivity index (χ2v) is 7.82. The number of nitrogens with zero attached hydrogens (tertiary/aromatic N) is 2. The summed E-state index contributed by atoms with van der Waals surface area (Å²) in [5.74, 6) is -0.124. The number of aliphatic hydroxyl groups excluding tert-OH is 1. The van der Waals surface area contributed by atoms with E-state index >= 15 is 0 Å². The molecule has 1 N–H and O–H groups in total. The number of aryl methyl sites for hydroxylation is 2. The van der Waals surface area contributed by atoms with Gasteiger partial charge in [-0.3, -0.25) is 14.5 Å². The molecule has 1 atom stereocenters. The molecule has 1 aliphatic rings. The molecule has 0 radical (unpaired) electrons. The van der Waals surface area contributed by atoms with Gasteiger partial charge in [-0.25, -0.2) is 0 Å². The lowest BCUT2D eigenvalue weighted by atomic mass is 9.94. The molecule has 34 heavy (non-hydrogen) atoms. The zero-order valence-corrected chi connectivity index (χ0v) is 19.1. The zero-order chi connectivity index (χ0) is 24.4. The van der Waals surface area contributed by atoms with Gasteiger partial charge in [-0.1, -0.05) is 29.9 Å². The summed E-state index contributed by atoms with van der Waals surface area (Å²) < 4.78 is 16.1. The van der Waals surface area contributed by atoms with Crippen molar-refractivity contribution in [3.8, 4) is 11.5 Å². The van der Waals surface area contributed by atoms with Crippen LogP contribution < -0.4 is 14.4 Å². The summed E-state index contributed by atoms with van der Waals surface area (Å²) in [5.41, 5.74) is 1.66. The molecule has 2 heterocycles. The van der Waals surface area contributed by atoms with Gasteiger partial charge in [-0.05, 0) is 55.3 Å². The fourth-order valence-electron chi connectivity index (χ4n) is 3.96. The maximum atomic E-state index is 13.2. The number of anilines is 1. The van der Waals surface area contributed by atoms with Crippen molar-refractivity contribution in [1.29, 1.82) is 0 Å². The smallest absolute Gasteiger partial charge is 0.301 e. The highest BCUT2D eigenvalue weighted by Gasteiger charge is 2.48. The summed E-state index contributed by atoms with van der Waals surface area (Å²) in [4.78, 5) is 27.6. The minimum Gasteiger partial charge on any atom is -0.507 e. The lowest BCUT2D eigenvalue weighted by Crippen LogP contribution is -2.29. The lowest BCUT2D eigenvalue weighted by Gasteiger charge is -2.23. The third-order valence-corrected chi connectivity index (χ3v) is 5.52. The minimum absolute atomic E-state index is 0.0592. The van der Waals surface area contributed by atoms with E-state index in [9.17, 15) is 14.7 Å². The molecule has 0 unspecified atom stereocenters. The number of aliphatic hydroxyl groups is 1. The molecular formula is C26H24N2O6. The molecule has 0 aliphatic carbocycles. The monoisotopic (exact) mass is 460 g/mol. The van der Waals surface area contributed by atoms with Crippen LogP contribution in [0.2, 0.25) is 0 Å². The summed E-state index contributed by atoms with van der Waals surface area (Å²) in [6.45, 7) is 7.45. The number of rotatable bonds is 7. The van der Waals surface area contributed by atoms with Crippen LogP contribution in [0.5, 0.6) is 11.5 Å². The van der Waals surface area contributed by atoms with Crippen LogP contribution in [0.4, 0.5) is 5.82 Å². The first-order chi connectivity index (χ1) is 16.3. The third kappa shape index (κ3) is 4.05. The average molecular weight is 460 g/mol. The van der Waals surface area contributed by atoms with Crippen LogP contribution in [0.1, 0.15) is 28.5 Å². The number of methoxy groups -OCH3 is 1. The maximum absolute atomic E-state index is 13.2. The van der Waals surface area contributed by atoms with Gasteiger partial charge in [0.1, 0.15) is 29.6 Å². The fraction of sp³-hybridized carbons (Fsp3) is 0.192. The van der Waals surface area contributed by atoms with E-state index in [0.29, 0.717) is 28.4 Å². The number of hydrogen-bond acceptors (Lipinski definition) is 7. The van der Waals surface area contributed by atoms with Crippen LogP contribution >= 0.6 is 0 Å². The van der Waals surface area contributed by atoms with Crippen molar-refractivity contribution in [1.82, 2.24) is 5.16 Å². The van der Waals surface area contributed by atoms with E-state index < -0.39 is 17.7 Å². The third-order valence-electron chi connectivity index (χ3n) is 5.52. The first-order valence-corrected chi connectivity index (χ1v) is 10.6. The molecule has 1 saturated heterocycles. The van der Waals surface area contributed by atoms with Crippen LogP contribution in [-0.4, -0.2) is 35.7 Å². The highest BCUT2D eigenvalue weighted by atomic mass is 16.5. The first kappa shape index (κ1) is 22.8. The van der Waals surface area contributed by atoms with Crippen molar-refractivity contribution >= 4 is 23.3 Å². The van der Waals surface area contributed by atoms with Gasteiger partial charge < -0.3 is 19.1 Å². The topological polar surface area (TPSA) is 102 Å². The van der Waals surface area contributed by atoms with Gasteiger partial charge in [0.25, 0.3) is 5.78 Å².